The van der Waals surface area contributed by atoms with E-state index in [-0.39, 0.29) is 23.5 Å². The summed E-state index contributed by atoms with van der Waals surface area (Å²) < 4.78 is 13.1. The number of pyridine rings is 1. The number of aliphatic hydroxyl groups excluding tert-OH is 2. The molecule has 2 heterocycles. The highest BCUT2D eigenvalue weighted by Crippen LogP contribution is 2.70. The Labute approximate surface area is 221 Å². The molecule has 7 rings (SSSR count). The van der Waals surface area contributed by atoms with Gasteiger partial charge < -0.3 is 19.7 Å². The predicted octanol–water partition coefficient (Wildman–Crippen LogP) is 3.84. The number of aromatic nitrogens is 1. The Hall–Kier alpha value is -2.71. The van der Waals surface area contributed by atoms with Gasteiger partial charge in [0.1, 0.15) is 6.61 Å². The third-order valence-electron chi connectivity index (χ3n) is 10.7. The molecule has 0 bridgehead atoms. The fraction of sp³-hybridized carbons (Fsp3) is 0.516. The van der Waals surface area contributed by atoms with Gasteiger partial charge in [-0.2, -0.15) is 0 Å². The second-order valence-corrected chi connectivity index (χ2v) is 12.3. The van der Waals surface area contributed by atoms with Crippen molar-refractivity contribution < 1.29 is 29.3 Å². The number of nitrogens with zero attached hydrogens (tertiary/aromatic N) is 1. The van der Waals surface area contributed by atoms with E-state index in [0.29, 0.717) is 18.5 Å². The summed E-state index contributed by atoms with van der Waals surface area (Å²) in [6.45, 7) is 3.52. The minimum absolute atomic E-state index is 0.00379. The van der Waals surface area contributed by atoms with Crippen LogP contribution in [0.4, 0.5) is 0 Å². The number of ketones is 2. The van der Waals surface area contributed by atoms with Crippen LogP contribution in [-0.2, 0) is 19.1 Å². The molecule has 0 amide bonds. The first-order chi connectivity index (χ1) is 18.2. The van der Waals surface area contributed by atoms with Crippen LogP contribution in [0.2, 0.25) is 0 Å². The molecule has 5 aliphatic rings. The average molecular weight is 516 g/mol. The summed E-state index contributed by atoms with van der Waals surface area (Å²) in [4.78, 5) is 30.5. The number of para-hydroxylation sites is 1. The minimum Gasteiger partial charge on any atom is -0.393 e. The number of ether oxygens (including phenoxy) is 2. The highest BCUT2D eigenvalue weighted by atomic mass is 16.7. The molecule has 1 unspecified atom stereocenters. The quantitative estimate of drug-likeness (QED) is 0.640. The molecule has 38 heavy (non-hydrogen) atoms. The molecule has 9 atom stereocenters. The standard InChI is InChI=1S/C31H33NO6/c1-29-12-11-19(34)13-18(29)8-9-20-21-14-26-31(25(36)16-33,30(21,2)15-24(35)27(20)29)38-28(37-26)23-10-7-17-5-3-4-6-22(17)32-23/h3-7,10-13,20-21,24,26-28,33,35H,8-9,14-16H2,1-2H3/t20-,21-,24-,26+,27+,28?,29-,30-,31+/m0/s1. The minimum atomic E-state index is -1.37. The maximum atomic E-state index is 13.6. The van der Waals surface area contributed by atoms with Gasteiger partial charge in [0.25, 0.3) is 0 Å². The van der Waals surface area contributed by atoms with Crippen LogP contribution >= 0.6 is 0 Å². The summed E-state index contributed by atoms with van der Waals surface area (Å²) in [7, 11) is 0. The summed E-state index contributed by atoms with van der Waals surface area (Å²) in [6, 6.07) is 11.6. The molecule has 1 aromatic carbocycles. The molecule has 4 aliphatic carbocycles. The Kier molecular flexibility index (Phi) is 5.22. The van der Waals surface area contributed by atoms with E-state index >= 15 is 0 Å². The zero-order chi connectivity index (χ0) is 26.4. The van der Waals surface area contributed by atoms with Gasteiger partial charge in [0, 0.05) is 22.1 Å². The number of fused-ring (bicyclic) bond motifs is 8. The van der Waals surface area contributed by atoms with Crippen molar-refractivity contribution in [2.45, 2.75) is 63.6 Å². The molecule has 0 radical (unpaired) electrons. The molecule has 1 saturated heterocycles. The first-order valence-electron chi connectivity index (χ1n) is 13.7. The predicted molar refractivity (Wildman–Crippen MR) is 139 cm³/mol. The molecule has 2 aromatic rings. The number of hydrogen-bond donors (Lipinski definition) is 2. The molecular weight excluding hydrogens is 482 g/mol. The number of carbonyl (C=O) groups is 2. The van der Waals surface area contributed by atoms with Crippen LogP contribution in [0.25, 0.3) is 10.9 Å². The molecule has 0 spiro atoms. The van der Waals surface area contributed by atoms with E-state index in [1.807, 2.05) is 49.4 Å². The first-order valence-corrected chi connectivity index (χ1v) is 13.7. The largest absolute Gasteiger partial charge is 0.393 e. The van der Waals surface area contributed by atoms with Crippen LogP contribution in [0, 0.1) is 28.6 Å². The van der Waals surface area contributed by atoms with Gasteiger partial charge in [0.2, 0.25) is 6.29 Å². The molecule has 2 N–H and O–H groups in total. The Bertz CT molecular complexity index is 1420. The summed E-state index contributed by atoms with van der Waals surface area (Å²) >= 11 is 0. The van der Waals surface area contributed by atoms with Crippen molar-refractivity contribution in [3.63, 3.8) is 0 Å². The number of benzene rings is 1. The summed E-state index contributed by atoms with van der Waals surface area (Å²) in [5.74, 6) is -0.271. The van der Waals surface area contributed by atoms with E-state index in [4.69, 9.17) is 14.5 Å². The van der Waals surface area contributed by atoms with Crippen molar-refractivity contribution in [1.29, 1.82) is 0 Å². The zero-order valence-electron chi connectivity index (χ0n) is 21.7. The molecular formula is C31H33NO6. The highest BCUT2D eigenvalue weighted by molar-refractivity contribution is 6.01. The third kappa shape index (κ3) is 3.02. The van der Waals surface area contributed by atoms with Crippen LogP contribution in [0.5, 0.6) is 0 Å². The van der Waals surface area contributed by atoms with Crippen LogP contribution in [0.1, 0.15) is 51.5 Å². The van der Waals surface area contributed by atoms with Gasteiger partial charge in [0.15, 0.2) is 17.2 Å². The van der Waals surface area contributed by atoms with Crippen LogP contribution in [-0.4, -0.2) is 51.2 Å². The second-order valence-electron chi connectivity index (χ2n) is 12.3. The van der Waals surface area contributed by atoms with E-state index < -0.39 is 47.3 Å². The van der Waals surface area contributed by atoms with Gasteiger partial charge in [-0.25, -0.2) is 4.98 Å². The van der Waals surface area contributed by atoms with Gasteiger partial charge in [-0.1, -0.05) is 49.8 Å². The van der Waals surface area contributed by atoms with Crippen molar-refractivity contribution in [2.75, 3.05) is 6.61 Å². The lowest BCUT2D eigenvalue weighted by molar-refractivity contribution is -0.201. The van der Waals surface area contributed by atoms with E-state index in [0.717, 1.165) is 29.3 Å². The summed E-state index contributed by atoms with van der Waals surface area (Å²) in [5, 5.41) is 22.9. The zero-order valence-corrected chi connectivity index (χ0v) is 21.7. The number of rotatable bonds is 3. The first kappa shape index (κ1) is 24.3. The normalized spacial score (nSPS) is 43.3. The van der Waals surface area contributed by atoms with Crippen molar-refractivity contribution >= 4 is 22.5 Å². The maximum absolute atomic E-state index is 13.6. The average Bonchev–Trinajstić information content (AvgIpc) is 3.41. The monoisotopic (exact) mass is 515 g/mol. The number of Topliss-reactive ketones (excluding diaryl/α,β-unsaturated/α-hetero) is 1. The SMILES string of the molecule is C[C@]12C=CC(=O)C=C1CC[C@@H]1[C@@H]2[C@@H](O)C[C@@]2(C)[C@H]1C[C@H]1OC(c3ccc4ccccc4n3)O[C@]12C(=O)CO. The smallest absolute Gasteiger partial charge is 0.202 e. The molecule has 7 heteroatoms. The lowest BCUT2D eigenvalue weighted by atomic mass is 9.46. The molecule has 1 aliphatic heterocycles. The molecule has 4 fully saturated rings. The van der Waals surface area contributed by atoms with Crippen molar-refractivity contribution in [1.82, 2.24) is 4.98 Å². The van der Waals surface area contributed by atoms with Crippen LogP contribution in [0.15, 0.2) is 60.2 Å². The maximum Gasteiger partial charge on any atom is 0.202 e. The van der Waals surface area contributed by atoms with Crippen molar-refractivity contribution in [3.8, 4) is 0 Å². The fourth-order valence-electron chi connectivity index (χ4n) is 9.03. The number of aliphatic hydroxyl groups is 2. The number of carbonyl (C=O) groups excluding carboxylic acids is 2. The highest BCUT2D eigenvalue weighted by Gasteiger charge is 2.76. The van der Waals surface area contributed by atoms with E-state index in [1.54, 1.807) is 12.2 Å². The number of hydrogen-bond acceptors (Lipinski definition) is 7. The lowest BCUT2D eigenvalue weighted by Gasteiger charge is -2.59. The fourth-order valence-corrected chi connectivity index (χ4v) is 9.03. The topological polar surface area (TPSA) is 106 Å². The summed E-state index contributed by atoms with van der Waals surface area (Å²) in [6.07, 6.45) is 5.84. The second kappa shape index (κ2) is 8.15. The van der Waals surface area contributed by atoms with Gasteiger partial charge in [-0.3, -0.25) is 9.59 Å². The van der Waals surface area contributed by atoms with E-state index in [1.165, 1.54) is 0 Å². The molecule has 1 aromatic heterocycles. The Morgan fingerprint density at radius 1 is 1.18 bits per heavy atom. The third-order valence-corrected chi connectivity index (χ3v) is 10.7. The number of allylic oxidation sites excluding steroid dienone is 4. The van der Waals surface area contributed by atoms with Gasteiger partial charge in [-0.15, -0.1) is 0 Å². The van der Waals surface area contributed by atoms with Crippen molar-refractivity contribution in [3.05, 3.63) is 65.9 Å². The molecule has 3 saturated carbocycles. The Morgan fingerprint density at radius 2 is 2.00 bits per heavy atom. The summed E-state index contributed by atoms with van der Waals surface area (Å²) in [5.41, 5.74) is -0.00274. The lowest BCUT2D eigenvalue weighted by Crippen LogP contribution is -2.63. The van der Waals surface area contributed by atoms with E-state index in [2.05, 4.69) is 6.92 Å². The molecule has 7 nitrogen and oxygen atoms in total. The van der Waals surface area contributed by atoms with Gasteiger partial charge >= 0.3 is 0 Å². The van der Waals surface area contributed by atoms with Crippen LogP contribution < -0.4 is 0 Å². The van der Waals surface area contributed by atoms with Gasteiger partial charge in [-0.05, 0) is 61.8 Å². The molecule has 198 valence electrons. The van der Waals surface area contributed by atoms with E-state index in [9.17, 15) is 19.8 Å². The van der Waals surface area contributed by atoms with Crippen molar-refractivity contribution in [2.24, 2.45) is 28.6 Å². The van der Waals surface area contributed by atoms with Crippen LogP contribution in [0.3, 0.4) is 0 Å². The van der Waals surface area contributed by atoms with Gasteiger partial charge in [0.05, 0.1) is 23.4 Å². The Morgan fingerprint density at radius 3 is 2.82 bits per heavy atom. The Balaban J connectivity index is 1.27.